The zero-order chi connectivity index (χ0) is 37.7. The minimum atomic E-state index is -2.74. The summed E-state index contributed by atoms with van der Waals surface area (Å²) in [5.74, 6) is 3.49. The first-order valence-corrected chi connectivity index (χ1v) is 21.5. The van der Waals surface area contributed by atoms with Crippen molar-refractivity contribution in [3.05, 3.63) is 169 Å². The van der Waals surface area contributed by atoms with Gasteiger partial charge in [0.05, 0.1) is 5.69 Å². The zero-order valence-electron chi connectivity index (χ0n) is 32.4. The minimum absolute atomic E-state index is 0.00364. The summed E-state index contributed by atoms with van der Waals surface area (Å²) in [6, 6.07) is 58.5. The normalized spacial score (nSPS) is 14.7. The SMILES string of the molecule is CC(C)(C)c1ccc2c(c1)B1c3cc(C(C)(C)C)ccc3Oc3cc(N4c5ccccc5[Si](c5ccccc5)(c5ccccc5)c5ccccc54)cc(c31)O2. The molecule has 7 aromatic carbocycles. The van der Waals surface area contributed by atoms with Crippen LogP contribution in [-0.4, -0.2) is 14.8 Å². The van der Waals surface area contributed by atoms with Crippen molar-refractivity contribution in [1.29, 1.82) is 0 Å². The number of anilines is 3. The number of hydrogen-bond acceptors (Lipinski definition) is 3. The van der Waals surface area contributed by atoms with Crippen molar-refractivity contribution in [2.45, 2.75) is 52.4 Å². The Bertz CT molecular complexity index is 2460. The van der Waals surface area contributed by atoms with Crippen molar-refractivity contribution in [2.75, 3.05) is 4.90 Å². The molecule has 0 fully saturated rings. The summed E-state index contributed by atoms with van der Waals surface area (Å²) < 4.78 is 14.0. The van der Waals surface area contributed by atoms with Gasteiger partial charge in [-0.2, -0.15) is 0 Å². The standard InChI is InChI=1S/C50H44BNO2Si/c1-49(2,3)33-25-27-42-38(29-33)51-39-30-34(50(4,5)6)26-28-43(39)54-45-32-35(31-44(53-42)48(45)51)52-40-21-13-15-23-46(40)55(36-17-9-7-10-18-36,37-19-11-8-12-20-37)47-24-16-14-22-41(47)52/h7-32H,1-6H3. The van der Waals surface area contributed by atoms with Crippen LogP contribution in [0.1, 0.15) is 52.7 Å². The van der Waals surface area contributed by atoms with Gasteiger partial charge in [-0.25, -0.2) is 0 Å². The highest BCUT2D eigenvalue weighted by Crippen LogP contribution is 2.44. The fraction of sp³-hybridized carbons (Fsp3) is 0.160. The molecule has 0 unspecified atom stereocenters. The summed E-state index contributed by atoms with van der Waals surface area (Å²) in [6.07, 6.45) is 0. The molecule has 10 rings (SSSR count). The van der Waals surface area contributed by atoms with Gasteiger partial charge in [0.15, 0.2) is 8.07 Å². The Morgan fingerprint density at radius 2 is 0.873 bits per heavy atom. The van der Waals surface area contributed by atoms with E-state index in [9.17, 15) is 0 Å². The molecule has 0 aromatic heterocycles. The molecule has 0 saturated carbocycles. The molecule has 0 aliphatic carbocycles. The van der Waals surface area contributed by atoms with E-state index in [1.54, 1.807) is 0 Å². The van der Waals surface area contributed by atoms with Gasteiger partial charge in [0.25, 0.3) is 6.71 Å². The molecule has 3 nitrogen and oxygen atoms in total. The number of para-hydroxylation sites is 2. The topological polar surface area (TPSA) is 21.7 Å². The molecular formula is C50H44BNO2Si. The van der Waals surface area contributed by atoms with Crippen molar-refractivity contribution in [1.82, 2.24) is 0 Å². The van der Waals surface area contributed by atoms with E-state index in [1.807, 2.05) is 0 Å². The first kappa shape index (κ1) is 33.8. The van der Waals surface area contributed by atoms with Crippen molar-refractivity contribution in [3.8, 4) is 23.0 Å². The monoisotopic (exact) mass is 729 g/mol. The number of fused-ring (bicyclic) bond motifs is 6. The summed E-state index contributed by atoms with van der Waals surface area (Å²) in [4.78, 5) is 2.44. The lowest BCUT2D eigenvalue weighted by molar-refractivity contribution is 0.464. The maximum absolute atomic E-state index is 6.99. The van der Waals surface area contributed by atoms with E-state index in [2.05, 4.69) is 204 Å². The van der Waals surface area contributed by atoms with Crippen LogP contribution in [-0.2, 0) is 10.8 Å². The molecule has 3 aliphatic rings. The van der Waals surface area contributed by atoms with Gasteiger partial charge in [-0.05, 0) is 77.9 Å². The molecular weight excluding hydrogens is 685 g/mol. The Balaban J connectivity index is 1.22. The van der Waals surface area contributed by atoms with E-state index >= 15 is 0 Å². The average molecular weight is 730 g/mol. The molecule has 3 heterocycles. The Kier molecular flexibility index (Phi) is 7.44. The summed E-state index contributed by atoms with van der Waals surface area (Å²) in [7, 11) is -2.74. The van der Waals surface area contributed by atoms with Gasteiger partial charge in [0.2, 0.25) is 0 Å². The third-order valence-corrected chi connectivity index (χ3v) is 16.8. The van der Waals surface area contributed by atoms with Gasteiger partial charge in [-0.3, -0.25) is 0 Å². The van der Waals surface area contributed by atoms with Crippen LogP contribution in [0.25, 0.3) is 0 Å². The Morgan fingerprint density at radius 1 is 0.455 bits per heavy atom. The van der Waals surface area contributed by atoms with Crippen LogP contribution in [0.5, 0.6) is 23.0 Å². The molecule has 3 aliphatic heterocycles. The van der Waals surface area contributed by atoms with Crippen molar-refractivity contribution in [3.63, 3.8) is 0 Å². The van der Waals surface area contributed by atoms with E-state index in [0.29, 0.717) is 0 Å². The van der Waals surface area contributed by atoms with E-state index in [4.69, 9.17) is 9.47 Å². The molecule has 268 valence electrons. The molecule has 0 bridgehead atoms. The molecule has 0 radical (unpaired) electrons. The van der Waals surface area contributed by atoms with Crippen LogP contribution in [0.2, 0.25) is 0 Å². The van der Waals surface area contributed by atoms with Gasteiger partial charge in [0.1, 0.15) is 23.0 Å². The van der Waals surface area contributed by atoms with Gasteiger partial charge in [-0.15, -0.1) is 0 Å². The quantitative estimate of drug-likeness (QED) is 0.172. The van der Waals surface area contributed by atoms with Gasteiger partial charge in [-0.1, -0.05) is 163 Å². The summed E-state index contributed by atoms with van der Waals surface area (Å²) in [5, 5.41) is 5.45. The first-order valence-electron chi connectivity index (χ1n) is 19.5. The van der Waals surface area contributed by atoms with Crippen LogP contribution in [0.15, 0.2) is 158 Å². The van der Waals surface area contributed by atoms with Gasteiger partial charge in [0, 0.05) is 29.0 Å². The number of rotatable bonds is 3. The molecule has 0 N–H and O–H groups in total. The minimum Gasteiger partial charge on any atom is -0.458 e. The van der Waals surface area contributed by atoms with E-state index in [-0.39, 0.29) is 17.5 Å². The molecule has 5 heteroatoms. The molecule has 7 aromatic rings. The van der Waals surface area contributed by atoms with Crippen LogP contribution < -0.4 is 51.5 Å². The van der Waals surface area contributed by atoms with Crippen LogP contribution in [0, 0.1) is 0 Å². The highest BCUT2D eigenvalue weighted by Gasteiger charge is 2.49. The molecule has 0 spiro atoms. The number of ether oxygens (including phenoxy) is 2. The van der Waals surface area contributed by atoms with Crippen molar-refractivity contribution >= 4 is 69.0 Å². The summed E-state index contributed by atoms with van der Waals surface area (Å²) in [6.45, 7) is 13.7. The lowest BCUT2D eigenvalue weighted by atomic mass is 9.34. The highest BCUT2D eigenvalue weighted by atomic mass is 28.3. The van der Waals surface area contributed by atoms with Gasteiger partial charge >= 0.3 is 0 Å². The lowest BCUT2D eigenvalue weighted by Crippen LogP contribution is -2.77. The molecule has 0 saturated heterocycles. The largest absolute Gasteiger partial charge is 0.458 e. The number of nitrogens with zero attached hydrogens (tertiary/aromatic N) is 1. The Hall–Kier alpha value is -5.78. The lowest BCUT2D eigenvalue weighted by Gasteiger charge is -2.45. The second-order valence-corrected chi connectivity index (χ2v) is 21.1. The smallest absolute Gasteiger partial charge is 0.260 e. The Labute approximate surface area is 326 Å². The van der Waals surface area contributed by atoms with Crippen molar-refractivity contribution in [2.24, 2.45) is 0 Å². The fourth-order valence-electron chi connectivity index (χ4n) is 9.24. The molecule has 0 amide bonds. The van der Waals surface area contributed by atoms with E-state index in [1.165, 1.54) is 54.2 Å². The first-order chi connectivity index (χ1) is 26.5. The predicted octanol–water partition coefficient (Wildman–Crippen LogP) is 8.17. The van der Waals surface area contributed by atoms with E-state index in [0.717, 1.165) is 34.1 Å². The molecule has 55 heavy (non-hydrogen) atoms. The van der Waals surface area contributed by atoms with Crippen LogP contribution >= 0.6 is 0 Å². The maximum Gasteiger partial charge on any atom is 0.260 e. The second kappa shape index (κ2) is 12.1. The van der Waals surface area contributed by atoms with Crippen LogP contribution in [0.3, 0.4) is 0 Å². The third-order valence-electron chi connectivity index (χ3n) is 12.0. The number of benzene rings is 7. The molecule has 0 atom stereocenters. The maximum atomic E-state index is 6.99. The fourth-order valence-corrected chi connectivity index (χ4v) is 14.3. The summed E-state index contributed by atoms with van der Waals surface area (Å²) >= 11 is 0. The predicted molar refractivity (Wildman–Crippen MR) is 233 cm³/mol. The zero-order valence-corrected chi connectivity index (χ0v) is 33.4. The van der Waals surface area contributed by atoms with E-state index < -0.39 is 8.07 Å². The summed E-state index contributed by atoms with van der Waals surface area (Å²) in [5.41, 5.74) is 9.44. The number of hydrogen-bond donors (Lipinski definition) is 0. The average Bonchev–Trinajstić information content (AvgIpc) is 3.19. The van der Waals surface area contributed by atoms with Crippen molar-refractivity contribution < 1.29 is 9.47 Å². The van der Waals surface area contributed by atoms with Gasteiger partial charge < -0.3 is 14.4 Å². The second-order valence-electron chi connectivity index (χ2n) is 17.3. The highest BCUT2D eigenvalue weighted by molar-refractivity contribution is 7.21. The van der Waals surface area contributed by atoms with Crippen LogP contribution in [0.4, 0.5) is 17.1 Å². The Morgan fingerprint density at radius 3 is 1.31 bits per heavy atom. The third kappa shape index (κ3) is 5.09.